The quantitative estimate of drug-likeness (QED) is 0.0966. The Bertz CT molecular complexity index is 1180. The van der Waals surface area contributed by atoms with Crippen LogP contribution in [-0.4, -0.2) is 48.6 Å². The molecule has 3 atom stereocenters. The van der Waals surface area contributed by atoms with Crippen molar-refractivity contribution >= 4 is 11.9 Å². The molecule has 0 aliphatic carbocycles. The molecule has 1 N–H and O–H groups in total. The molecule has 0 radical (unpaired) electrons. The van der Waals surface area contributed by atoms with Crippen LogP contribution in [0.1, 0.15) is 157 Å². The van der Waals surface area contributed by atoms with E-state index >= 15 is 0 Å². The van der Waals surface area contributed by atoms with Gasteiger partial charge in [-0.3, -0.25) is 9.59 Å². The zero-order valence-corrected chi connectivity index (χ0v) is 33.1. The van der Waals surface area contributed by atoms with Crippen LogP contribution in [0.15, 0.2) is 48.5 Å². The van der Waals surface area contributed by atoms with Crippen molar-refractivity contribution in [1.29, 1.82) is 0 Å². The van der Waals surface area contributed by atoms with Gasteiger partial charge in [-0.1, -0.05) is 111 Å². The summed E-state index contributed by atoms with van der Waals surface area (Å²) in [4.78, 5) is 23.9. The van der Waals surface area contributed by atoms with Crippen molar-refractivity contribution in [3.63, 3.8) is 0 Å². The van der Waals surface area contributed by atoms with Crippen LogP contribution < -0.4 is 9.47 Å². The predicted molar refractivity (Wildman–Crippen MR) is 205 cm³/mol. The van der Waals surface area contributed by atoms with E-state index in [4.69, 9.17) is 18.9 Å². The molecule has 0 aliphatic heterocycles. The average molecular weight is 699 g/mol. The van der Waals surface area contributed by atoms with Gasteiger partial charge in [0.2, 0.25) is 0 Å². The van der Waals surface area contributed by atoms with Crippen LogP contribution in [-0.2, 0) is 19.1 Å². The van der Waals surface area contributed by atoms with Crippen molar-refractivity contribution in [3.8, 4) is 11.5 Å². The summed E-state index contributed by atoms with van der Waals surface area (Å²) in [5, 5.41) is 10.2. The van der Waals surface area contributed by atoms with Crippen LogP contribution >= 0.6 is 0 Å². The van der Waals surface area contributed by atoms with E-state index in [0.717, 1.165) is 62.9 Å². The minimum absolute atomic E-state index is 0.0617. The van der Waals surface area contributed by atoms with Crippen molar-refractivity contribution in [2.75, 3.05) is 19.8 Å². The molecule has 0 spiro atoms. The smallest absolute Gasteiger partial charge is 0.306 e. The lowest BCUT2D eigenvalue weighted by Crippen LogP contribution is -2.23. The van der Waals surface area contributed by atoms with Gasteiger partial charge in [0.15, 0.2) is 0 Å². The van der Waals surface area contributed by atoms with Crippen LogP contribution in [0, 0.1) is 11.3 Å². The average Bonchev–Trinajstić information content (AvgIpc) is 3.05. The highest BCUT2D eigenvalue weighted by atomic mass is 16.6. The second kappa shape index (κ2) is 24.2. The van der Waals surface area contributed by atoms with Crippen LogP contribution in [0.2, 0.25) is 0 Å². The first-order valence-corrected chi connectivity index (χ1v) is 19.1. The minimum Gasteiger partial charge on any atom is -0.493 e. The van der Waals surface area contributed by atoms with Crippen molar-refractivity contribution in [1.82, 2.24) is 0 Å². The van der Waals surface area contributed by atoms with Crippen LogP contribution in [0.5, 0.6) is 11.5 Å². The first kappa shape index (κ1) is 45.0. The molecule has 3 unspecified atom stereocenters. The Hall–Kier alpha value is -3.06. The minimum atomic E-state index is -0.485. The number of aliphatic hydroxyl groups is 1. The van der Waals surface area contributed by atoms with Crippen molar-refractivity contribution < 1.29 is 33.6 Å². The topological polar surface area (TPSA) is 91.3 Å². The third kappa shape index (κ3) is 21.9. The molecule has 0 fully saturated rings. The molecule has 284 valence electrons. The third-order valence-corrected chi connectivity index (χ3v) is 8.05. The fraction of sp³-hybridized carbons (Fsp3) is 0.674. The predicted octanol–water partition coefficient (Wildman–Crippen LogP) is 10.8. The highest BCUT2D eigenvalue weighted by molar-refractivity contribution is 5.69. The van der Waals surface area contributed by atoms with Gasteiger partial charge < -0.3 is 24.1 Å². The van der Waals surface area contributed by atoms with Gasteiger partial charge in [0.1, 0.15) is 23.7 Å². The van der Waals surface area contributed by atoms with E-state index < -0.39 is 11.7 Å². The van der Waals surface area contributed by atoms with E-state index in [1.54, 1.807) is 0 Å². The monoisotopic (exact) mass is 699 g/mol. The van der Waals surface area contributed by atoms with Gasteiger partial charge in [-0.2, -0.15) is 0 Å². The summed E-state index contributed by atoms with van der Waals surface area (Å²) in [5.41, 5.74) is 2.03. The lowest BCUT2D eigenvalue weighted by molar-refractivity contribution is -0.155. The largest absolute Gasteiger partial charge is 0.493 e. The molecule has 50 heavy (non-hydrogen) atoms. The standard InChI is InChI=1S/C41H64O7.C2H6/c1-31(29-47-38(43)17-15-13-11-9-10-12-14-16-18-39(44)48-41(6,7)8)28-45-36-23-19-33(20-24-36)32(2)34-21-25-37(26-22-34)46-30-35(42)27-40(3,4)5;1-2/h19-26,31-32,35,42H,9-18,27-30H2,1-8H3;1-2H3. The van der Waals surface area contributed by atoms with Crippen molar-refractivity contribution in [2.24, 2.45) is 11.3 Å². The fourth-order valence-corrected chi connectivity index (χ4v) is 5.44. The number of unbranched alkanes of at least 4 members (excludes halogenated alkanes) is 7. The zero-order valence-electron chi connectivity index (χ0n) is 33.1. The van der Waals surface area contributed by atoms with Gasteiger partial charge in [-0.05, 0) is 80.8 Å². The van der Waals surface area contributed by atoms with Gasteiger partial charge in [-0.25, -0.2) is 0 Å². The lowest BCUT2D eigenvalue weighted by Gasteiger charge is -2.22. The maximum absolute atomic E-state index is 12.2. The summed E-state index contributed by atoms with van der Waals surface area (Å²) in [6.07, 6.45) is 9.54. The molecule has 0 bridgehead atoms. The van der Waals surface area contributed by atoms with E-state index in [0.29, 0.717) is 32.5 Å². The Morgan fingerprint density at radius 2 is 1.04 bits per heavy atom. The molecule has 0 saturated carbocycles. The number of ether oxygens (including phenoxy) is 4. The maximum atomic E-state index is 12.2. The Balaban J connectivity index is 0.00000613. The van der Waals surface area contributed by atoms with Gasteiger partial charge in [0.05, 0.1) is 19.3 Å². The number of aliphatic hydroxyl groups excluding tert-OH is 1. The molecule has 2 aromatic rings. The maximum Gasteiger partial charge on any atom is 0.306 e. The number of hydrogen-bond donors (Lipinski definition) is 1. The lowest BCUT2D eigenvalue weighted by atomic mass is 9.89. The molecule has 7 nitrogen and oxygen atoms in total. The van der Waals surface area contributed by atoms with Gasteiger partial charge in [-0.15, -0.1) is 0 Å². The SMILES string of the molecule is CC.CC(COC(=O)CCCCCCCCCCC(=O)OC(C)(C)C)COc1ccc(C(C)c2ccc(OCC(O)CC(C)(C)C)cc2)cc1. The van der Waals surface area contributed by atoms with Crippen LogP contribution in [0.25, 0.3) is 0 Å². The van der Waals surface area contributed by atoms with E-state index in [1.165, 1.54) is 11.1 Å². The number of carbonyl (C=O) groups excluding carboxylic acids is 2. The number of rotatable bonds is 22. The molecule has 2 rings (SSSR count). The molecule has 0 saturated heterocycles. The zero-order chi connectivity index (χ0) is 37.6. The summed E-state index contributed by atoms with van der Waals surface area (Å²) in [6.45, 7) is 21.3. The summed E-state index contributed by atoms with van der Waals surface area (Å²) < 4.78 is 22.6. The summed E-state index contributed by atoms with van der Waals surface area (Å²) >= 11 is 0. The molecule has 0 aliphatic rings. The number of carbonyl (C=O) groups is 2. The van der Waals surface area contributed by atoms with Crippen molar-refractivity contribution in [3.05, 3.63) is 59.7 Å². The third-order valence-electron chi connectivity index (χ3n) is 8.05. The van der Waals surface area contributed by atoms with Crippen LogP contribution in [0.4, 0.5) is 0 Å². The molecular weight excluding hydrogens is 628 g/mol. The van der Waals surface area contributed by atoms with Crippen LogP contribution in [0.3, 0.4) is 0 Å². The first-order valence-electron chi connectivity index (χ1n) is 19.1. The van der Waals surface area contributed by atoms with Gasteiger partial charge in [0.25, 0.3) is 0 Å². The molecule has 2 aromatic carbocycles. The number of esters is 2. The fourth-order valence-electron chi connectivity index (χ4n) is 5.44. The summed E-state index contributed by atoms with van der Waals surface area (Å²) in [5.74, 6) is 1.61. The normalized spacial score (nSPS) is 13.3. The molecule has 0 heterocycles. The first-order chi connectivity index (χ1) is 23.6. The highest BCUT2D eigenvalue weighted by Crippen LogP contribution is 2.28. The van der Waals surface area contributed by atoms with Crippen molar-refractivity contribution in [2.45, 2.75) is 157 Å². The molecule has 0 amide bonds. The Labute approximate surface area is 304 Å². The van der Waals surface area contributed by atoms with E-state index in [2.05, 4.69) is 52.0 Å². The van der Waals surface area contributed by atoms with E-state index in [-0.39, 0.29) is 35.8 Å². The van der Waals surface area contributed by atoms with Gasteiger partial charge in [0, 0.05) is 24.7 Å². The molecular formula is C43H70O7. The Morgan fingerprint density at radius 3 is 1.48 bits per heavy atom. The second-order valence-corrected chi connectivity index (χ2v) is 15.6. The summed E-state index contributed by atoms with van der Waals surface area (Å²) in [7, 11) is 0. The van der Waals surface area contributed by atoms with E-state index in [9.17, 15) is 14.7 Å². The molecule has 0 aromatic heterocycles. The second-order valence-electron chi connectivity index (χ2n) is 15.6. The number of hydrogen-bond acceptors (Lipinski definition) is 7. The Kier molecular flexibility index (Phi) is 21.7. The van der Waals surface area contributed by atoms with Gasteiger partial charge >= 0.3 is 11.9 Å². The number of benzene rings is 2. The molecule has 7 heteroatoms. The Morgan fingerprint density at radius 1 is 0.620 bits per heavy atom. The summed E-state index contributed by atoms with van der Waals surface area (Å²) in [6, 6.07) is 16.2. The van der Waals surface area contributed by atoms with E-state index in [1.807, 2.05) is 65.8 Å². The highest BCUT2D eigenvalue weighted by Gasteiger charge is 2.18.